The number of nitrogens with zero attached hydrogens (tertiary/aromatic N) is 2. The molecule has 0 atom stereocenters. The molecule has 1 aliphatic heterocycles. The zero-order chi connectivity index (χ0) is 28.1. The van der Waals surface area contributed by atoms with Crippen LogP contribution in [0.5, 0.6) is 0 Å². The molecular weight excluding hydrogens is 528 g/mol. The number of rotatable bonds is 2. The molecule has 5 nitrogen and oxygen atoms in total. The van der Waals surface area contributed by atoms with E-state index in [1.165, 1.54) is 32.6 Å². The first-order valence-electron chi connectivity index (χ1n) is 14.6. The Labute approximate surface area is 245 Å². The quantitative estimate of drug-likeness (QED) is 0.224. The first-order valence-corrected chi connectivity index (χ1v) is 14.6. The van der Waals surface area contributed by atoms with E-state index in [9.17, 15) is 0 Å². The van der Waals surface area contributed by atoms with Crippen molar-refractivity contribution < 1.29 is 4.42 Å². The first-order chi connectivity index (χ1) is 21.3. The van der Waals surface area contributed by atoms with Crippen molar-refractivity contribution in [2.75, 3.05) is 11.9 Å². The minimum atomic E-state index is 0.685. The number of benzene rings is 6. The maximum atomic E-state index is 6.29. The normalized spacial score (nSPS) is 13.3. The van der Waals surface area contributed by atoms with Crippen molar-refractivity contribution in [1.29, 1.82) is 0 Å². The van der Waals surface area contributed by atoms with Crippen molar-refractivity contribution >= 4 is 82.6 Å². The number of fused-ring (bicyclic) bond motifs is 11. The van der Waals surface area contributed by atoms with Crippen LogP contribution in [0, 0.1) is 0 Å². The third-order valence-corrected chi connectivity index (χ3v) is 8.97. The van der Waals surface area contributed by atoms with E-state index in [1.54, 1.807) is 0 Å². The van der Waals surface area contributed by atoms with E-state index in [4.69, 9.17) is 9.41 Å². The summed E-state index contributed by atoms with van der Waals surface area (Å²) in [6, 6.07) is 42.7. The maximum absolute atomic E-state index is 6.29. The molecule has 9 aromatic rings. The molecule has 3 aromatic heterocycles. The number of aromatic amines is 1. The summed E-state index contributed by atoms with van der Waals surface area (Å²) in [6.07, 6.45) is 0. The van der Waals surface area contributed by atoms with Crippen LogP contribution in [0.1, 0.15) is 5.56 Å². The fraction of sp³-hybridized carbons (Fsp3) is 0.0263. The van der Waals surface area contributed by atoms with Crippen molar-refractivity contribution in [3.63, 3.8) is 0 Å². The second kappa shape index (κ2) is 8.37. The van der Waals surface area contributed by atoms with Crippen molar-refractivity contribution in [2.24, 2.45) is 4.99 Å². The Morgan fingerprint density at radius 2 is 1.44 bits per heavy atom. The topological polar surface area (TPSA) is 58.2 Å². The van der Waals surface area contributed by atoms with E-state index >= 15 is 0 Å². The van der Waals surface area contributed by atoms with Gasteiger partial charge in [-0.25, -0.2) is 4.99 Å². The van der Waals surface area contributed by atoms with Gasteiger partial charge >= 0.3 is 0 Å². The van der Waals surface area contributed by atoms with Gasteiger partial charge in [0.2, 0.25) is 0 Å². The summed E-state index contributed by atoms with van der Waals surface area (Å²) >= 11 is 0. The number of anilines is 1. The average Bonchev–Trinajstić information content (AvgIpc) is 3.73. The second-order valence-corrected chi connectivity index (χ2v) is 11.3. The number of aromatic nitrogens is 2. The molecule has 0 amide bonds. The van der Waals surface area contributed by atoms with Crippen LogP contribution in [0.25, 0.3) is 71.2 Å². The lowest BCUT2D eigenvalue weighted by Crippen LogP contribution is -2.18. The van der Waals surface area contributed by atoms with Crippen molar-refractivity contribution in [1.82, 2.24) is 9.55 Å². The summed E-state index contributed by atoms with van der Waals surface area (Å²) in [4.78, 5) is 8.83. The van der Waals surface area contributed by atoms with Gasteiger partial charge in [-0.3, -0.25) is 0 Å². The van der Waals surface area contributed by atoms with Crippen LogP contribution in [0.3, 0.4) is 0 Å². The van der Waals surface area contributed by atoms with Crippen LogP contribution in [0.15, 0.2) is 131 Å². The lowest BCUT2D eigenvalue weighted by atomic mass is 10.0. The predicted molar refractivity (Wildman–Crippen MR) is 179 cm³/mol. The molecule has 0 aliphatic carbocycles. The van der Waals surface area contributed by atoms with Gasteiger partial charge < -0.3 is 19.3 Å². The highest BCUT2D eigenvalue weighted by Gasteiger charge is 2.21. The molecule has 1 aliphatic rings. The first kappa shape index (κ1) is 22.8. The average molecular weight is 553 g/mol. The number of furan rings is 1. The van der Waals surface area contributed by atoms with Gasteiger partial charge in [-0.1, -0.05) is 66.7 Å². The highest BCUT2D eigenvalue weighted by Crippen LogP contribution is 2.41. The number of para-hydroxylation sites is 5. The van der Waals surface area contributed by atoms with Gasteiger partial charge in [0.25, 0.3) is 0 Å². The van der Waals surface area contributed by atoms with E-state index < -0.39 is 0 Å². The van der Waals surface area contributed by atoms with Gasteiger partial charge in [-0.05, 0) is 48.5 Å². The second-order valence-electron chi connectivity index (χ2n) is 11.3. The van der Waals surface area contributed by atoms with E-state index in [1.807, 2.05) is 24.3 Å². The highest BCUT2D eigenvalue weighted by atomic mass is 16.3. The summed E-state index contributed by atoms with van der Waals surface area (Å²) in [6.45, 7) is 0.685. The molecule has 2 N–H and O–H groups in total. The molecule has 5 heteroatoms. The number of hydrogen-bond donors (Lipinski definition) is 2. The van der Waals surface area contributed by atoms with E-state index in [0.717, 1.165) is 61.3 Å². The summed E-state index contributed by atoms with van der Waals surface area (Å²) in [5.74, 6) is 0. The van der Waals surface area contributed by atoms with E-state index in [0.29, 0.717) is 6.54 Å². The molecule has 0 fully saturated rings. The monoisotopic (exact) mass is 552 g/mol. The van der Waals surface area contributed by atoms with Gasteiger partial charge in [0.15, 0.2) is 0 Å². The molecule has 0 spiro atoms. The van der Waals surface area contributed by atoms with Crippen LogP contribution in [-0.2, 0) is 0 Å². The Kier molecular flexibility index (Phi) is 4.44. The van der Waals surface area contributed by atoms with Crippen molar-refractivity contribution in [3.05, 3.63) is 127 Å². The SMILES string of the molecule is c1ccc2c(c1)N=C(c1cccc3c1[nH]c1ccc4c(c5ccccc5n4-c4ccc5c(c4)oc4ccccc45)c13)CN2. The molecule has 6 aromatic carbocycles. The summed E-state index contributed by atoms with van der Waals surface area (Å²) in [5.41, 5.74) is 11.7. The molecule has 0 saturated carbocycles. The van der Waals surface area contributed by atoms with Crippen molar-refractivity contribution in [3.8, 4) is 5.69 Å². The van der Waals surface area contributed by atoms with Gasteiger partial charge in [-0.15, -0.1) is 0 Å². The Morgan fingerprint density at radius 3 is 2.42 bits per heavy atom. The number of hydrogen-bond acceptors (Lipinski definition) is 3. The van der Waals surface area contributed by atoms with Crippen LogP contribution >= 0.6 is 0 Å². The van der Waals surface area contributed by atoms with E-state index in [2.05, 4.69) is 112 Å². The zero-order valence-corrected chi connectivity index (χ0v) is 23.1. The Hall–Kier alpha value is -5.81. The van der Waals surface area contributed by atoms with Gasteiger partial charge in [0, 0.05) is 55.2 Å². The third kappa shape index (κ3) is 3.13. The van der Waals surface area contributed by atoms with Crippen LogP contribution in [0.2, 0.25) is 0 Å². The third-order valence-electron chi connectivity index (χ3n) is 8.97. The number of aliphatic imine (C=N–C) groups is 1. The standard InChI is InChI=1S/C38H24N4O/c1-5-14-32-26(9-1)37-33(42(32)22-16-17-24-23-8-2-6-15-34(23)43-35(24)20-22)19-18-30-36(37)27-11-7-10-25(38(27)41-30)31-21-39-28-12-3-4-13-29(28)40-31/h1-20,39,41H,21H2. The number of nitrogens with one attached hydrogen (secondary N) is 2. The largest absolute Gasteiger partial charge is 0.456 e. The van der Waals surface area contributed by atoms with Gasteiger partial charge in [0.05, 0.1) is 40.2 Å². The minimum Gasteiger partial charge on any atom is -0.456 e. The smallest absolute Gasteiger partial charge is 0.137 e. The van der Waals surface area contributed by atoms with Crippen LogP contribution in [0.4, 0.5) is 11.4 Å². The maximum Gasteiger partial charge on any atom is 0.137 e. The molecule has 0 bridgehead atoms. The lowest BCUT2D eigenvalue weighted by Gasteiger charge is -2.18. The lowest BCUT2D eigenvalue weighted by molar-refractivity contribution is 0.668. The van der Waals surface area contributed by atoms with E-state index in [-0.39, 0.29) is 0 Å². The summed E-state index contributed by atoms with van der Waals surface area (Å²) in [7, 11) is 0. The fourth-order valence-electron chi connectivity index (χ4n) is 7.09. The van der Waals surface area contributed by atoms with Crippen LogP contribution in [-0.4, -0.2) is 21.8 Å². The molecule has 0 unspecified atom stereocenters. The fourth-order valence-corrected chi connectivity index (χ4v) is 7.09. The molecule has 0 saturated heterocycles. The molecular formula is C38H24N4O. The summed E-state index contributed by atoms with van der Waals surface area (Å²) < 4.78 is 8.66. The summed E-state index contributed by atoms with van der Waals surface area (Å²) in [5, 5.41) is 10.7. The van der Waals surface area contributed by atoms with Crippen molar-refractivity contribution in [2.45, 2.75) is 0 Å². The molecule has 4 heterocycles. The zero-order valence-electron chi connectivity index (χ0n) is 23.1. The number of H-pyrrole nitrogens is 1. The molecule has 43 heavy (non-hydrogen) atoms. The minimum absolute atomic E-state index is 0.685. The van der Waals surface area contributed by atoms with Gasteiger partial charge in [-0.2, -0.15) is 0 Å². The molecule has 10 rings (SSSR count). The molecule has 0 radical (unpaired) electrons. The predicted octanol–water partition coefficient (Wildman–Crippen LogP) is 9.86. The molecule has 202 valence electrons. The Morgan fingerprint density at radius 1 is 0.628 bits per heavy atom. The Bertz CT molecular complexity index is 2630. The highest BCUT2D eigenvalue weighted by molar-refractivity contribution is 6.30. The Balaban J connectivity index is 1.25. The van der Waals surface area contributed by atoms with Crippen LogP contribution < -0.4 is 5.32 Å². The van der Waals surface area contributed by atoms with Gasteiger partial charge in [0.1, 0.15) is 11.2 Å².